The molecular formula is C23H24ClN3O5. The predicted octanol–water partition coefficient (Wildman–Crippen LogP) is 3.12. The highest BCUT2D eigenvalue weighted by molar-refractivity contribution is 6.33. The smallest absolute Gasteiger partial charge is 0.321 e. The van der Waals surface area contributed by atoms with Crippen molar-refractivity contribution in [1.82, 2.24) is 16.0 Å². The largest absolute Gasteiger partial charge is 0.452 e. The average Bonchev–Trinajstić information content (AvgIpc) is 3.57. The van der Waals surface area contributed by atoms with Gasteiger partial charge in [-0.05, 0) is 37.5 Å². The van der Waals surface area contributed by atoms with Gasteiger partial charge in [0.2, 0.25) is 0 Å². The van der Waals surface area contributed by atoms with Gasteiger partial charge >= 0.3 is 12.0 Å². The molecule has 0 bridgehead atoms. The summed E-state index contributed by atoms with van der Waals surface area (Å²) in [6, 6.07) is 14.3. The van der Waals surface area contributed by atoms with Crippen molar-refractivity contribution in [1.29, 1.82) is 0 Å². The number of urea groups is 1. The minimum Gasteiger partial charge on any atom is -0.452 e. The molecule has 1 saturated carbocycles. The van der Waals surface area contributed by atoms with Gasteiger partial charge in [-0.1, -0.05) is 54.1 Å². The van der Waals surface area contributed by atoms with Gasteiger partial charge in [0, 0.05) is 6.04 Å². The zero-order valence-corrected chi connectivity index (χ0v) is 18.2. The first-order valence-corrected chi connectivity index (χ1v) is 10.6. The van der Waals surface area contributed by atoms with Gasteiger partial charge < -0.3 is 15.4 Å². The summed E-state index contributed by atoms with van der Waals surface area (Å²) in [6.45, 7) is 1.37. The third-order valence-electron chi connectivity index (χ3n) is 4.82. The quantitative estimate of drug-likeness (QED) is 0.527. The molecule has 2 atom stereocenters. The molecule has 0 radical (unpaired) electrons. The number of halogens is 1. The van der Waals surface area contributed by atoms with E-state index in [0.717, 1.165) is 12.8 Å². The Balaban J connectivity index is 1.61. The molecule has 32 heavy (non-hydrogen) atoms. The van der Waals surface area contributed by atoms with Crippen LogP contribution in [0, 0.1) is 0 Å². The number of nitrogens with one attached hydrogen (secondary N) is 3. The third-order valence-corrected chi connectivity index (χ3v) is 5.15. The third kappa shape index (κ3) is 6.81. The Morgan fingerprint density at radius 2 is 1.69 bits per heavy atom. The van der Waals surface area contributed by atoms with Crippen molar-refractivity contribution < 1.29 is 23.9 Å². The van der Waals surface area contributed by atoms with Crippen LogP contribution in [-0.2, 0) is 14.3 Å². The fourth-order valence-electron chi connectivity index (χ4n) is 2.95. The molecular weight excluding hydrogens is 434 g/mol. The van der Waals surface area contributed by atoms with Gasteiger partial charge in [0.1, 0.15) is 0 Å². The summed E-state index contributed by atoms with van der Waals surface area (Å²) in [6.07, 6.45) is 0.370. The van der Waals surface area contributed by atoms with Crippen LogP contribution in [0.2, 0.25) is 5.02 Å². The average molecular weight is 458 g/mol. The van der Waals surface area contributed by atoms with E-state index in [0.29, 0.717) is 5.56 Å². The van der Waals surface area contributed by atoms with Crippen molar-refractivity contribution in [2.45, 2.75) is 44.4 Å². The standard InChI is InChI=1S/C23H24ClN3O5/c1-14(21(29)27-23(31)25-16-11-12-16)32-20(28)13-19(15-7-3-2-4-8-15)26-22(30)17-9-5-6-10-18(17)24/h2-10,14,16,19H,11-13H2,1H3,(H,26,30)(H2,25,27,29,31). The lowest BCUT2D eigenvalue weighted by Crippen LogP contribution is -2.45. The summed E-state index contributed by atoms with van der Waals surface area (Å²) < 4.78 is 5.19. The molecule has 8 nitrogen and oxygen atoms in total. The Bertz CT molecular complexity index is 994. The number of hydrogen-bond donors (Lipinski definition) is 3. The predicted molar refractivity (Wildman–Crippen MR) is 118 cm³/mol. The summed E-state index contributed by atoms with van der Waals surface area (Å²) in [5.74, 6) is -1.88. The van der Waals surface area contributed by atoms with Gasteiger partial charge in [0.05, 0.1) is 23.0 Å². The van der Waals surface area contributed by atoms with Gasteiger partial charge in [-0.15, -0.1) is 0 Å². The van der Waals surface area contributed by atoms with Gasteiger partial charge in [0.25, 0.3) is 11.8 Å². The molecule has 0 aliphatic heterocycles. The van der Waals surface area contributed by atoms with Crippen LogP contribution in [0.15, 0.2) is 54.6 Å². The van der Waals surface area contributed by atoms with Gasteiger partial charge in [-0.3, -0.25) is 19.7 Å². The zero-order chi connectivity index (χ0) is 23.1. The lowest BCUT2D eigenvalue weighted by molar-refractivity contribution is -0.154. The van der Waals surface area contributed by atoms with Crippen molar-refractivity contribution in [2.24, 2.45) is 0 Å². The number of amides is 4. The minimum absolute atomic E-state index is 0.0917. The SMILES string of the molecule is CC(OC(=O)CC(NC(=O)c1ccccc1Cl)c1ccccc1)C(=O)NC(=O)NC1CC1. The summed E-state index contributed by atoms with van der Waals surface area (Å²) in [4.78, 5) is 49.1. The fraction of sp³-hybridized carbons (Fsp3) is 0.304. The summed E-state index contributed by atoms with van der Waals surface area (Å²) >= 11 is 6.11. The fourth-order valence-corrected chi connectivity index (χ4v) is 3.17. The zero-order valence-electron chi connectivity index (χ0n) is 17.5. The highest BCUT2D eigenvalue weighted by Crippen LogP contribution is 2.21. The molecule has 2 unspecified atom stereocenters. The molecule has 0 spiro atoms. The Morgan fingerprint density at radius 1 is 1.03 bits per heavy atom. The van der Waals surface area contributed by atoms with E-state index in [2.05, 4.69) is 16.0 Å². The van der Waals surface area contributed by atoms with Crippen molar-refractivity contribution in [3.05, 3.63) is 70.7 Å². The Morgan fingerprint density at radius 3 is 2.34 bits per heavy atom. The van der Waals surface area contributed by atoms with Crippen LogP contribution >= 0.6 is 11.6 Å². The first-order chi connectivity index (χ1) is 15.3. The topological polar surface area (TPSA) is 114 Å². The van der Waals surface area contributed by atoms with Crippen LogP contribution in [0.3, 0.4) is 0 Å². The monoisotopic (exact) mass is 457 g/mol. The highest BCUT2D eigenvalue weighted by atomic mass is 35.5. The summed E-state index contributed by atoms with van der Waals surface area (Å²) in [5, 5.41) is 7.85. The first-order valence-electron chi connectivity index (χ1n) is 10.2. The van der Waals surface area contributed by atoms with Crippen molar-refractivity contribution >= 4 is 35.4 Å². The van der Waals surface area contributed by atoms with E-state index in [1.165, 1.54) is 6.92 Å². The van der Waals surface area contributed by atoms with E-state index in [1.54, 1.807) is 48.5 Å². The number of hydrogen-bond acceptors (Lipinski definition) is 5. The molecule has 4 amide bonds. The van der Waals surface area contributed by atoms with E-state index in [9.17, 15) is 19.2 Å². The Kier molecular flexibility index (Phi) is 7.83. The second-order valence-electron chi connectivity index (χ2n) is 7.49. The molecule has 2 aromatic carbocycles. The number of carbonyl (C=O) groups is 4. The number of benzene rings is 2. The maximum atomic E-state index is 12.7. The lowest BCUT2D eigenvalue weighted by atomic mass is 10.0. The first kappa shape index (κ1) is 23.3. The van der Waals surface area contributed by atoms with E-state index in [4.69, 9.17) is 16.3 Å². The normalized spacial score (nSPS) is 14.6. The highest BCUT2D eigenvalue weighted by Gasteiger charge is 2.27. The molecule has 3 N–H and O–H groups in total. The van der Waals surface area contributed by atoms with Crippen molar-refractivity contribution in [3.63, 3.8) is 0 Å². The van der Waals surface area contributed by atoms with E-state index >= 15 is 0 Å². The molecule has 2 aromatic rings. The number of ether oxygens (including phenoxy) is 1. The second kappa shape index (κ2) is 10.8. The molecule has 9 heteroatoms. The van der Waals surface area contributed by atoms with Crippen LogP contribution in [-0.4, -0.2) is 36.0 Å². The van der Waals surface area contributed by atoms with Crippen LogP contribution in [0.5, 0.6) is 0 Å². The molecule has 0 heterocycles. The molecule has 0 saturated heterocycles. The van der Waals surface area contributed by atoms with Gasteiger partial charge in [-0.2, -0.15) is 0 Å². The number of rotatable bonds is 8. The molecule has 1 aliphatic carbocycles. The van der Waals surface area contributed by atoms with E-state index in [-0.39, 0.29) is 23.0 Å². The second-order valence-corrected chi connectivity index (χ2v) is 7.90. The van der Waals surface area contributed by atoms with Crippen LogP contribution in [0.4, 0.5) is 4.79 Å². The van der Waals surface area contributed by atoms with E-state index in [1.807, 2.05) is 6.07 Å². The molecule has 1 aliphatic rings. The number of imide groups is 1. The Hall–Kier alpha value is -3.39. The molecule has 3 rings (SSSR count). The minimum atomic E-state index is -1.18. The van der Waals surface area contributed by atoms with Crippen molar-refractivity contribution in [2.75, 3.05) is 0 Å². The van der Waals surface area contributed by atoms with Gasteiger partial charge in [0.15, 0.2) is 6.10 Å². The summed E-state index contributed by atoms with van der Waals surface area (Å²) in [5.41, 5.74) is 0.962. The molecule has 168 valence electrons. The maximum absolute atomic E-state index is 12.7. The lowest BCUT2D eigenvalue weighted by Gasteiger charge is -2.20. The summed E-state index contributed by atoms with van der Waals surface area (Å²) in [7, 11) is 0. The molecule has 1 fully saturated rings. The van der Waals surface area contributed by atoms with E-state index < -0.39 is 36.0 Å². The maximum Gasteiger partial charge on any atom is 0.321 e. The number of carbonyl (C=O) groups excluding carboxylic acids is 4. The number of esters is 1. The molecule has 0 aromatic heterocycles. The van der Waals surface area contributed by atoms with Crippen LogP contribution in [0.25, 0.3) is 0 Å². The van der Waals surface area contributed by atoms with Crippen LogP contribution in [0.1, 0.15) is 48.1 Å². The van der Waals surface area contributed by atoms with Gasteiger partial charge in [-0.25, -0.2) is 4.79 Å². The van der Waals surface area contributed by atoms with Crippen molar-refractivity contribution in [3.8, 4) is 0 Å². The van der Waals surface area contributed by atoms with Crippen LogP contribution < -0.4 is 16.0 Å². The Labute approximate surface area is 190 Å².